The molecule has 3 rings (SSSR count). The second-order valence-corrected chi connectivity index (χ2v) is 5.12. The topological polar surface area (TPSA) is 20.3 Å². The Morgan fingerprint density at radius 2 is 1.95 bits per heavy atom. The van der Waals surface area contributed by atoms with Gasteiger partial charge in [0.15, 0.2) is 0 Å². The van der Waals surface area contributed by atoms with Crippen molar-refractivity contribution in [2.45, 2.75) is 13.3 Å². The number of fused-ring (bicyclic) bond motifs is 1. The maximum atomic E-state index is 12.3. The van der Waals surface area contributed by atoms with Crippen LogP contribution < -0.4 is 4.90 Å². The molecule has 0 N–H and O–H groups in total. The molecule has 2 aromatic carbocycles. The van der Waals surface area contributed by atoms with Gasteiger partial charge in [-0.15, -0.1) is 0 Å². The summed E-state index contributed by atoms with van der Waals surface area (Å²) in [6.07, 6.45) is 4.47. The lowest BCUT2D eigenvalue weighted by molar-refractivity contribution is -0.114. The number of nitrogens with zero attached hydrogens (tertiary/aromatic N) is 1. The molecule has 100 valence electrons. The fourth-order valence-electron chi connectivity index (χ4n) is 2.58. The normalized spacial score (nSPS) is 13.8. The fraction of sp³-hybridized carbons (Fsp3) is 0.167. The molecule has 1 aliphatic heterocycles. The third-order valence-corrected chi connectivity index (χ3v) is 3.61. The van der Waals surface area contributed by atoms with E-state index in [9.17, 15) is 4.79 Å². The summed E-state index contributed by atoms with van der Waals surface area (Å²) in [5.41, 5.74) is 4.62. The van der Waals surface area contributed by atoms with E-state index >= 15 is 0 Å². The van der Waals surface area contributed by atoms with Crippen molar-refractivity contribution in [1.29, 1.82) is 0 Å². The number of carbonyl (C=O) groups excluding carboxylic acids is 1. The molecule has 20 heavy (non-hydrogen) atoms. The number of amides is 1. The maximum absolute atomic E-state index is 12.3. The predicted octanol–water partition coefficient (Wildman–Crippen LogP) is 3.60. The van der Waals surface area contributed by atoms with E-state index in [1.165, 1.54) is 11.1 Å². The summed E-state index contributed by atoms with van der Waals surface area (Å²) >= 11 is 0. The molecule has 2 nitrogen and oxygen atoms in total. The molecular weight excluding hydrogens is 246 g/mol. The number of anilines is 1. The van der Waals surface area contributed by atoms with Crippen LogP contribution in [0, 0.1) is 6.92 Å². The molecule has 0 unspecified atom stereocenters. The average molecular weight is 263 g/mol. The van der Waals surface area contributed by atoms with Crippen molar-refractivity contribution in [3.63, 3.8) is 0 Å². The van der Waals surface area contributed by atoms with Crippen molar-refractivity contribution < 1.29 is 4.79 Å². The van der Waals surface area contributed by atoms with Gasteiger partial charge in [0.1, 0.15) is 0 Å². The van der Waals surface area contributed by atoms with Gasteiger partial charge in [0.05, 0.1) is 0 Å². The highest BCUT2D eigenvalue weighted by atomic mass is 16.2. The molecule has 0 aromatic heterocycles. The van der Waals surface area contributed by atoms with Gasteiger partial charge in [0.2, 0.25) is 0 Å². The Balaban J connectivity index is 1.79. The van der Waals surface area contributed by atoms with Gasteiger partial charge in [0.25, 0.3) is 5.91 Å². The van der Waals surface area contributed by atoms with E-state index < -0.39 is 0 Å². The van der Waals surface area contributed by atoms with Crippen LogP contribution in [0.4, 0.5) is 5.69 Å². The zero-order valence-corrected chi connectivity index (χ0v) is 11.5. The van der Waals surface area contributed by atoms with Crippen LogP contribution in [-0.4, -0.2) is 12.5 Å². The highest BCUT2D eigenvalue weighted by Gasteiger charge is 2.22. The summed E-state index contributed by atoms with van der Waals surface area (Å²) < 4.78 is 0. The van der Waals surface area contributed by atoms with Crippen LogP contribution in [0.25, 0.3) is 6.08 Å². The molecule has 1 amide bonds. The first-order valence-corrected chi connectivity index (χ1v) is 6.88. The molecule has 0 atom stereocenters. The Hall–Kier alpha value is -2.35. The fourth-order valence-corrected chi connectivity index (χ4v) is 2.58. The van der Waals surface area contributed by atoms with E-state index in [0.717, 1.165) is 24.2 Å². The Kier molecular flexibility index (Phi) is 3.38. The van der Waals surface area contributed by atoms with Gasteiger partial charge in [-0.25, -0.2) is 0 Å². The van der Waals surface area contributed by atoms with Crippen molar-refractivity contribution in [3.05, 3.63) is 71.3 Å². The lowest BCUT2D eigenvalue weighted by atomic mass is 10.1. The second-order valence-electron chi connectivity index (χ2n) is 5.12. The van der Waals surface area contributed by atoms with E-state index in [2.05, 4.69) is 19.1 Å². The van der Waals surface area contributed by atoms with E-state index in [1.54, 1.807) is 6.08 Å². The zero-order valence-electron chi connectivity index (χ0n) is 11.5. The van der Waals surface area contributed by atoms with Gasteiger partial charge in [-0.1, -0.05) is 48.0 Å². The number of rotatable bonds is 2. The van der Waals surface area contributed by atoms with E-state index in [1.807, 2.05) is 47.4 Å². The second kappa shape index (κ2) is 5.33. The van der Waals surface area contributed by atoms with Crippen molar-refractivity contribution in [2.24, 2.45) is 0 Å². The van der Waals surface area contributed by atoms with Gasteiger partial charge < -0.3 is 4.90 Å². The maximum Gasteiger partial charge on any atom is 0.251 e. The summed E-state index contributed by atoms with van der Waals surface area (Å²) in [5.74, 6) is 0.0523. The van der Waals surface area contributed by atoms with Gasteiger partial charge in [-0.05, 0) is 36.6 Å². The van der Waals surface area contributed by atoms with Crippen LogP contribution in [0.1, 0.15) is 16.7 Å². The molecule has 0 spiro atoms. The highest BCUT2D eigenvalue weighted by Crippen LogP contribution is 2.28. The van der Waals surface area contributed by atoms with E-state index in [0.29, 0.717) is 0 Å². The Morgan fingerprint density at radius 1 is 1.15 bits per heavy atom. The van der Waals surface area contributed by atoms with Gasteiger partial charge in [0, 0.05) is 18.3 Å². The van der Waals surface area contributed by atoms with Crippen LogP contribution in [0.3, 0.4) is 0 Å². The summed E-state index contributed by atoms with van der Waals surface area (Å²) in [6.45, 7) is 2.86. The number of hydrogen-bond acceptors (Lipinski definition) is 1. The largest absolute Gasteiger partial charge is 0.308 e. The molecular formula is C18H17NO. The predicted molar refractivity (Wildman–Crippen MR) is 82.7 cm³/mol. The lowest BCUT2D eigenvalue weighted by Crippen LogP contribution is -2.26. The minimum absolute atomic E-state index is 0.0523. The first-order valence-electron chi connectivity index (χ1n) is 6.88. The van der Waals surface area contributed by atoms with Crippen LogP contribution in [0.5, 0.6) is 0 Å². The third kappa shape index (κ3) is 2.50. The van der Waals surface area contributed by atoms with Crippen LogP contribution in [-0.2, 0) is 11.2 Å². The summed E-state index contributed by atoms with van der Waals surface area (Å²) in [7, 11) is 0. The molecule has 1 aliphatic rings. The first-order chi connectivity index (χ1) is 9.74. The smallest absolute Gasteiger partial charge is 0.251 e. The molecule has 0 saturated carbocycles. The standard InChI is InChI=1S/C18H17NO/c1-14-7-9-17-16(13-14)11-12-19(17)18(20)10-8-15-5-3-2-4-6-15/h2-10,13H,11-12H2,1H3. The molecule has 0 bridgehead atoms. The minimum atomic E-state index is 0.0523. The Labute approximate surface area is 119 Å². The monoisotopic (exact) mass is 263 g/mol. The van der Waals surface area contributed by atoms with Gasteiger partial charge in [-0.2, -0.15) is 0 Å². The van der Waals surface area contributed by atoms with E-state index in [-0.39, 0.29) is 5.91 Å². The summed E-state index contributed by atoms with van der Waals surface area (Å²) in [4.78, 5) is 14.2. The van der Waals surface area contributed by atoms with Crippen molar-refractivity contribution in [2.75, 3.05) is 11.4 Å². The van der Waals surface area contributed by atoms with Crippen molar-refractivity contribution in [3.8, 4) is 0 Å². The molecule has 1 heterocycles. The SMILES string of the molecule is Cc1ccc2c(c1)CCN2C(=O)C=Cc1ccccc1. The van der Waals surface area contributed by atoms with Crippen molar-refractivity contribution in [1.82, 2.24) is 0 Å². The number of benzene rings is 2. The number of aryl methyl sites for hydroxylation is 1. The first kappa shape index (κ1) is 12.7. The molecule has 2 aromatic rings. The molecule has 0 aliphatic carbocycles. The quantitative estimate of drug-likeness (QED) is 0.758. The zero-order chi connectivity index (χ0) is 13.9. The number of hydrogen-bond donors (Lipinski definition) is 0. The molecule has 0 radical (unpaired) electrons. The van der Waals surface area contributed by atoms with Crippen molar-refractivity contribution >= 4 is 17.7 Å². The Bertz CT molecular complexity index is 658. The van der Waals surface area contributed by atoms with E-state index in [4.69, 9.17) is 0 Å². The Morgan fingerprint density at radius 3 is 2.75 bits per heavy atom. The minimum Gasteiger partial charge on any atom is -0.308 e. The molecule has 0 saturated heterocycles. The van der Waals surface area contributed by atoms with Crippen LogP contribution >= 0.6 is 0 Å². The van der Waals surface area contributed by atoms with Gasteiger partial charge >= 0.3 is 0 Å². The van der Waals surface area contributed by atoms with Crippen LogP contribution in [0.2, 0.25) is 0 Å². The highest BCUT2D eigenvalue weighted by molar-refractivity contribution is 6.05. The summed E-state index contributed by atoms with van der Waals surface area (Å²) in [6, 6.07) is 16.2. The summed E-state index contributed by atoms with van der Waals surface area (Å²) in [5, 5.41) is 0. The van der Waals surface area contributed by atoms with Crippen LogP contribution in [0.15, 0.2) is 54.6 Å². The average Bonchev–Trinajstić information content (AvgIpc) is 2.89. The lowest BCUT2D eigenvalue weighted by Gasteiger charge is -2.15. The third-order valence-electron chi connectivity index (χ3n) is 3.61. The molecule has 0 fully saturated rings. The molecule has 2 heteroatoms. The van der Waals surface area contributed by atoms with Gasteiger partial charge in [-0.3, -0.25) is 4.79 Å². The number of carbonyl (C=O) groups is 1.